The van der Waals surface area contributed by atoms with E-state index >= 15 is 0 Å². The molecule has 1 aliphatic heterocycles. The summed E-state index contributed by atoms with van der Waals surface area (Å²) < 4.78 is 38.8. The highest BCUT2D eigenvalue weighted by Crippen LogP contribution is 2.27. The molecule has 0 radical (unpaired) electrons. The van der Waals surface area contributed by atoms with Gasteiger partial charge in [0.15, 0.2) is 21.5 Å². The summed E-state index contributed by atoms with van der Waals surface area (Å²) in [6.45, 7) is 6.56. The molecule has 0 spiro atoms. The maximum absolute atomic E-state index is 11.6. The van der Waals surface area contributed by atoms with Crippen molar-refractivity contribution in [1.29, 1.82) is 0 Å². The number of anilines is 1. The van der Waals surface area contributed by atoms with Gasteiger partial charge in [0.1, 0.15) is 6.10 Å². The van der Waals surface area contributed by atoms with Crippen molar-refractivity contribution in [1.82, 2.24) is 19.5 Å². The minimum absolute atomic E-state index is 0.204. The molecule has 0 aliphatic carbocycles. The van der Waals surface area contributed by atoms with Crippen LogP contribution in [0.3, 0.4) is 0 Å². The lowest BCUT2D eigenvalue weighted by molar-refractivity contribution is 0.259. The van der Waals surface area contributed by atoms with Gasteiger partial charge in [-0.15, -0.1) is 0 Å². The van der Waals surface area contributed by atoms with Crippen LogP contribution in [-0.4, -0.2) is 46.8 Å². The van der Waals surface area contributed by atoms with E-state index in [4.69, 9.17) is 9.26 Å². The summed E-state index contributed by atoms with van der Waals surface area (Å²) in [4.78, 5) is 11.0. The quantitative estimate of drug-likeness (QED) is 0.505. The van der Waals surface area contributed by atoms with Gasteiger partial charge in [-0.1, -0.05) is 25.1 Å². The van der Waals surface area contributed by atoms with Gasteiger partial charge in [0.2, 0.25) is 0 Å². The van der Waals surface area contributed by atoms with Crippen molar-refractivity contribution >= 4 is 27.4 Å². The third-order valence-electron chi connectivity index (χ3n) is 4.86. The predicted molar refractivity (Wildman–Crippen MR) is 122 cm³/mol. The Hall–Kier alpha value is -3.05. The molecule has 11 heteroatoms. The zero-order valence-corrected chi connectivity index (χ0v) is 19.7. The maximum Gasteiger partial charge on any atom is 0.328 e. The molecule has 3 aromatic rings. The number of benzene rings is 1. The fraction of sp³-hybridized carbons (Fsp3) is 0.333. The van der Waals surface area contributed by atoms with Crippen molar-refractivity contribution in [3.63, 3.8) is 0 Å². The molecule has 0 fully saturated rings. The number of hydrogen-bond acceptors (Lipinski definition) is 10. The molecule has 32 heavy (non-hydrogen) atoms. The first kappa shape index (κ1) is 22.2. The summed E-state index contributed by atoms with van der Waals surface area (Å²) in [6, 6.07) is 6.94. The monoisotopic (exact) mass is 473 g/mol. The van der Waals surface area contributed by atoms with Gasteiger partial charge >= 0.3 is 6.01 Å². The van der Waals surface area contributed by atoms with Crippen LogP contribution in [0.1, 0.15) is 32.5 Å². The average Bonchev–Trinajstić information content (AvgIpc) is 3.43. The minimum atomic E-state index is -3.24. The summed E-state index contributed by atoms with van der Waals surface area (Å²) in [6.07, 6.45) is 6.82. The standard InChI is InChI=1S/C21H23N5O4S2/c1-13(2)18-22-20(30-24-18)26-11-9-15(10-12-26)14(3)29-21-23-19(25-31-21)16-5-7-17(8-6-16)32(4,27)28/h5-11,13-14H,12H2,1-4H3. The van der Waals surface area contributed by atoms with Crippen LogP contribution in [0.25, 0.3) is 11.4 Å². The second-order valence-corrected chi connectivity index (χ2v) is 10.4. The van der Waals surface area contributed by atoms with Gasteiger partial charge in [0.25, 0.3) is 5.19 Å². The number of hydrogen-bond donors (Lipinski definition) is 0. The third-order valence-corrected chi connectivity index (χ3v) is 6.60. The molecule has 0 bridgehead atoms. The van der Waals surface area contributed by atoms with E-state index < -0.39 is 9.84 Å². The SMILES string of the molecule is CC(Oc1nc(-c2ccc(S(C)(=O)=O)cc2)ns1)C1=CCN(c2nc(C(C)C)no2)C=C1. The molecule has 0 N–H and O–H groups in total. The van der Waals surface area contributed by atoms with E-state index in [0.717, 1.165) is 22.7 Å². The van der Waals surface area contributed by atoms with Crippen LogP contribution in [0.15, 0.2) is 57.6 Å². The Kier molecular flexibility index (Phi) is 6.11. The molecule has 1 unspecified atom stereocenters. The molecular formula is C21H23N5O4S2. The molecule has 3 heterocycles. The van der Waals surface area contributed by atoms with E-state index in [1.807, 2.05) is 44.0 Å². The van der Waals surface area contributed by atoms with Crippen molar-refractivity contribution in [3.05, 3.63) is 54.0 Å². The second kappa shape index (κ2) is 8.83. The smallest absolute Gasteiger partial charge is 0.328 e. The molecule has 168 valence electrons. The first-order valence-corrected chi connectivity index (χ1v) is 12.7. The molecule has 2 aromatic heterocycles. The number of aromatic nitrogens is 4. The van der Waals surface area contributed by atoms with Gasteiger partial charge in [-0.05, 0) is 42.8 Å². The number of ether oxygens (including phenoxy) is 1. The summed E-state index contributed by atoms with van der Waals surface area (Å²) in [5.41, 5.74) is 1.73. The van der Waals surface area contributed by atoms with E-state index in [1.165, 1.54) is 6.26 Å². The predicted octanol–water partition coefficient (Wildman–Crippen LogP) is 3.84. The molecular weight excluding hydrogens is 450 g/mol. The molecule has 1 atom stereocenters. The number of nitrogens with zero attached hydrogens (tertiary/aromatic N) is 5. The lowest BCUT2D eigenvalue weighted by Crippen LogP contribution is -2.23. The van der Waals surface area contributed by atoms with Crippen LogP contribution in [0.2, 0.25) is 0 Å². The van der Waals surface area contributed by atoms with Crippen LogP contribution in [-0.2, 0) is 9.84 Å². The zero-order valence-electron chi connectivity index (χ0n) is 18.1. The minimum Gasteiger partial charge on any atom is -0.461 e. The van der Waals surface area contributed by atoms with Crippen molar-refractivity contribution in [2.45, 2.75) is 37.7 Å². The van der Waals surface area contributed by atoms with Crippen LogP contribution in [0.4, 0.5) is 6.01 Å². The maximum atomic E-state index is 11.6. The van der Waals surface area contributed by atoms with Crippen molar-refractivity contribution in [3.8, 4) is 16.6 Å². The topological polar surface area (TPSA) is 111 Å². The van der Waals surface area contributed by atoms with Gasteiger partial charge in [0, 0.05) is 42.0 Å². The molecule has 0 saturated heterocycles. The van der Waals surface area contributed by atoms with Gasteiger partial charge in [0.05, 0.1) is 4.90 Å². The molecule has 9 nitrogen and oxygen atoms in total. The Balaban J connectivity index is 1.38. The van der Waals surface area contributed by atoms with Crippen LogP contribution >= 0.6 is 11.5 Å². The molecule has 1 aromatic carbocycles. The molecule has 1 aliphatic rings. The largest absolute Gasteiger partial charge is 0.461 e. The van der Waals surface area contributed by atoms with Crippen LogP contribution < -0.4 is 9.64 Å². The van der Waals surface area contributed by atoms with E-state index in [-0.39, 0.29) is 16.9 Å². The van der Waals surface area contributed by atoms with Crippen molar-refractivity contribution < 1.29 is 17.7 Å². The third kappa shape index (κ3) is 4.89. The number of rotatable bonds is 7. The Bertz CT molecular complexity index is 1260. The summed E-state index contributed by atoms with van der Waals surface area (Å²) in [5, 5.41) is 4.43. The first-order chi connectivity index (χ1) is 15.2. The Morgan fingerprint density at radius 1 is 1.16 bits per heavy atom. The lowest BCUT2D eigenvalue weighted by atomic mass is 10.1. The Morgan fingerprint density at radius 2 is 1.91 bits per heavy atom. The Labute approximate surface area is 190 Å². The average molecular weight is 474 g/mol. The summed E-state index contributed by atoms with van der Waals surface area (Å²) >= 11 is 1.15. The van der Waals surface area contributed by atoms with Crippen molar-refractivity contribution in [2.24, 2.45) is 0 Å². The highest BCUT2D eigenvalue weighted by Gasteiger charge is 2.19. The van der Waals surface area contributed by atoms with E-state index in [0.29, 0.717) is 29.4 Å². The Morgan fingerprint density at radius 3 is 2.50 bits per heavy atom. The highest BCUT2D eigenvalue weighted by atomic mass is 32.2. The molecule has 0 saturated carbocycles. The van der Waals surface area contributed by atoms with E-state index in [2.05, 4.69) is 19.5 Å². The second-order valence-electron chi connectivity index (χ2n) is 7.70. The van der Waals surface area contributed by atoms with Gasteiger partial charge in [-0.25, -0.2) is 8.42 Å². The van der Waals surface area contributed by atoms with Gasteiger partial charge in [-0.2, -0.15) is 14.3 Å². The molecule has 4 rings (SSSR count). The molecule has 0 amide bonds. The van der Waals surface area contributed by atoms with Crippen LogP contribution in [0, 0.1) is 0 Å². The fourth-order valence-electron chi connectivity index (χ4n) is 2.97. The highest BCUT2D eigenvalue weighted by molar-refractivity contribution is 7.90. The van der Waals surface area contributed by atoms with Gasteiger partial charge < -0.3 is 9.26 Å². The summed E-state index contributed by atoms with van der Waals surface area (Å²) in [7, 11) is -3.24. The fourth-order valence-corrected chi connectivity index (χ4v) is 4.23. The van der Waals surface area contributed by atoms with Gasteiger partial charge in [-0.3, -0.25) is 4.90 Å². The normalized spacial score (nSPS) is 15.2. The summed E-state index contributed by atoms with van der Waals surface area (Å²) in [5.74, 6) is 1.38. The van der Waals surface area contributed by atoms with Crippen molar-refractivity contribution in [2.75, 3.05) is 17.7 Å². The zero-order chi connectivity index (χ0) is 22.9. The first-order valence-electron chi connectivity index (χ1n) is 10.00. The number of sulfone groups is 1. The van der Waals surface area contributed by atoms with Crippen LogP contribution in [0.5, 0.6) is 5.19 Å². The lowest BCUT2D eigenvalue weighted by Gasteiger charge is -2.21. The van der Waals surface area contributed by atoms with E-state index in [1.54, 1.807) is 24.3 Å². The van der Waals surface area contributed by atoms with E-state index in [9.17, 15) is 8.42 Å².